The van der Waals surface area contributed by atoms with E-state index in [1.165, 1.54) is 37.0 Å². The Morgan fingerprint density at radius 1 is 1.23 bits per heavy atom. The lowest BCUT2D eigenvalue weighted by atomic mass is 9.54. The summed E-state index contributed by atoms with van der Waals surface area (Å²) >= 11 is 1.45. The lowest BCUT2D eigenvalue weighted by Gasteiger charge is -2.57. The van der Waals surface area contributed by atoms with Gasteiger partial charge in [0.15, 0.2) is 0 Å². The van der Waals surface area contributed by atoms with Gasteiger partial charge in [0.2, 0.25) is 5.91 Å². The highest BCUT2D eigenvalue weighted by Gasteiger charge is 2.65. The highest BCUT2D eigenvalue weighted by molar-refractivity contribution is 7.12. The summed E-state index contributed by atoms with van der Waals surface area (Å²) in [6, 6.07) is 3.66. The number of fused-ring (bicyclic) bond motifs is 2. The van der Waals surface area contributed by atoms with Crippen molar-refractivity contribution in [1.29, 1.82) is 0 Å². The van der Waals surface area contributed by atoms with Crippen LogP contribution in [0.15, 0.2) is 17.5 Å². The van der Waals surface area contributed by atoms with Gasteiger partial charge in [-0.25, -0.2) is 0 Å². The number of carbonyl (C=O) groups excluding carboxylic acids is 2. The molecule has 3 heterocycles. The van der Waals surface area contributed by atoms with Gasteiger partial charge < -0.3 is 15.0 Å². The zero-order chi connectivity index (χ0) is 17.7. The van der Waals surface area contributed by atoms with Crippen molar-refractivity contribution in [3.05, 3.63) is 22.4 Å². The van der Waals surface area contributed by atoms with Crippen molar-refractivity contribution in [3.63, 3.8) is 0 Å². The molecule has 1 spiro atoms. The number of ether oxygens (including phenoxy) is 1. The van der Waals surface area contributed by atoms with Gasteiger partial charge in [-0.1, -0.05) is 18.9 Å². The summed E-state index contributed by atoms with van der Waals surface area (Å²) in [5, 5.41) is 5.30. The minimum atomic E-state index is -0.315. The van der Waals surface area contributed by atoms with Crippen molar-refractivity contribution < 1.29 is 14.3 Å². The molecule has 1 N–H and O–H groups in total. The smallest absolute Gasteiger partial charge is 0.264 e. The second kappa shape index (κ2) is 6.34. The van der Waals surface area contributed by atoms with E-state index in [1.54, 1.807) is 4.90 Å². The molecule has 2 saturated heterocycles. The number of carbonyl (C=O) groups is 2. The standard InChI is InChI=1S/C20H26N2O3S/c23-18(14-5-3-10-22(14)19(24)15-6-4-12-26-15)21-16-13-7-11-25-17(13)20(16)8-1-2-9-20/h4,6,12-14,16-17H,1-3,5,7-11H2,(H,21,23)/t13?,14-,16?,17?/m0/s1. The van der Waals surface area contributed by atoms with Crippen molar-refractivity contribution in [1.82, 2.24) is 10.2 Å². The van der Waals surface area contributed by atoms with Crippen molar-refractivity contribution in [2.24, 2.45) is 11.3 Å². The first-order valence-corrected chi connectivity index (χ1v) is 10.9. The molecule has 4 fully saturated rings. The van der Waals surface area contributed by atoms with Crippen LogP contribution in [0.1, 0.15) is 54.6 Å². The molecular weight excluding hydrogens is 348 g/mol. The second-order valence-corrected chi connectivity index (χ2v) is 9.25. The third-order valence-corrected chi connectivity index (χ3v) is 7.99. The van der Waals surface area contributed by atoms with Gasteiger partial charge in [0.1, 0.15) is 6.04 Å². The van der Waals surface area contributed by atoms with E-state index in [9.17, 15) is 9.59 Å². The minimum Gasteiger partial charge on any atom is -0.377 e. The van der Waals surface area contributed by atoms with E-state index in [1.807, 2.05) is 17.5 Å². The summed E-state index contributed by atoms with van der Waals surface area (Å²) in [6.07, 6.45) is 7.90. The Balaban J connectivity index is 1.31. The quantitative estimate of drug-likeness (QED) is 0.885. The van der Waals surface area contributed by atoms with Crippen LogP contribution in [0.25, 0.3) is 0 Å². The van der Waals surface area contributed by atoms with Crippen LogP contribution in [0.5, 0.6) is 0 Å². The van der Waals surface area contributed by atoms with Crippen molar-refractivity contribution in [2.75, 3.05) is 13.2 Å². The summed E-state index contributed by atoms with van der Waals surface area (Å²) in [5.74, 6) is 0.526. The number of thiophene rings is 1. The van der Waals surface area contributed by atoms with Crippen molar-refractivity contribution in [2.45, 2.75) is 63.1 Å². The van der Waals surface area contributed by atoms with Crippen molar-refractivity contribution >= 4 is 23.2 Å². The van der Waals surface area contributed by atoms with Gasteiger partial charge in [0.25, 0.3) is 5.91 Å². The van der Waals surface area contributed by atoms with Gasteiger partial charge in [-0.05, 0) is 43.6 Å². The second-order valence-electron chi connectivity index (χ2n) is 8.30. The predicted octanol–water partition coefficient (Wildman–Crippen LogP) is 2.82. The molecule has 26 heavy (non-hydrogen) atoms. The maximum Gasteiger partial charge on any atom is 0.264 e. The Morgan fingerprint density at radius 3 is 2.85 bits per heavy atom. The normalized spacial score (nSPS) is 34.7. The van der Waals surface area contributed by atoms with Gasteiger partial charge in [0.05, 0.1) is 11.0 Å². The van der Waals surface area contributed by atoms with Gasteiger partial charge in [-0.2, -0.15) is 0 Å². The van der Waals surface area contributed by atoms with Gasteiger partial charge >= 0.3 is 0 Å². The molecule has 0 bridgehead atoms. The van der Waals surface area contributed by atoms with Crippen LogP contribution in [0.2, 0.25) is 0 Å². The summed E-state index contributed by atoms with van der Waals surface area (Å²) in [5.41, 5.74) is 0.165. The van der Waals surface area contributed by atoms with Crippen LogP contribution < -0.4 is 5.32 Å². The van der Waals surface area contributed by atoms with E-state index < -0.39 is 0 Å². The molecule has 2 aliphatic carbocycles. The summed E-state index contributed by atoms with van der Waals surface area (Å²) in [6.45, 7) is 1.51. The molecule has 2 saturated carbocycles. The van der Waals surface area contributed by atoms with Crippen LogP contribution in [-0.2, 0) is 9.53 Å². The maximum absolute atomic E-state index is 13.1. The van der Waals surface area contributed by atoms with E-state index in [4.69, 9.17) is 4.74 Å². The maximum atomic E-state index is 13.1. The average molecular weight is 375 g/mol. The molecule has 5 rings (SSSR count). The van der Waals surface area contributed by atoms with Gasteiger partial charge in [-0.3, -0.25) is 9.59 Å². The lowest BCUT2D eigenvalue weighted by molar-refractivity contribution is -0.148. The third-order valence-electron chi connectivity index (χ3n) is 7.13. The van der Waals surface area contributed by atoms with E-state index in [0.717, 1.165) is 30.7 Å². The van der Waals surface area contributed by atoms with E-state index >= 15 is 0 Å². The Labute approximate surface area is 158 Å². The van der Waals surface area contributed by atoms with E-state index in [2.05, 4.69) is 5.32 Å². The fourth-order valence-electron chi connectivity index (χ4n) is 5.98. The monoisotopic (exact) mass is 374 g/mol. The van der Waals surface area contributed by atoms with E-state index in [-0.39, 0.29) is 29.3 Å². The number of nitrogens with zero attached hydrogens (tertiary/aromatic N) is 1. The fourth-order valence-corrected chi connectivity index (χ4v) is 6.66. The number of hydrogen-bond acceptors (Lipinski definition) is 4. The van der Waals surface area contributed by atoms with Gasteiger partial charge in [-0.15, -0.1) is 11.3 Å². The number of amides is 2. The highest BCUT2D eigenvalue weighted by atomic mass is 32.1. The highest BCUT2D eigenvalue weighted by Crippen LogP contribution is 2.60. The van der Waals surface area contributed by atoms with Crippen LogP contribution >= 0.6 is 11.3 Å². The van der Waals surface area contributed by atoms with Crippen LogP contribution in [0, 0.1) is 11.3 Å². The Hall–Kier alpha value is -1.40. The molecule has 0 aromatic carbocycles. The SMILES string of the molecule is O=C(NC1C2CCOC2C12CCCC2)[C@@H]1CCCN1C(=O)c1cccs1. The molecule has 6 heteroatoms. The topological polar surface area (TPSA) is 58.6 Å². The van der Waals surface area contributed by atoms with E-state index in [0.29, 0.717) is 18.6 Å². The first-order valence-electron chi connectivity index (χ1n) is 9.97. The van der Waals surface area contributed by atoms with Crippen LogP contribution in [0.3, 0.4) is 0 Å². The number of likely N-dealkylation sites (tertiary alicyclic amines) is 1. The molecular formula is C20H26N2O3S. The van der Waals surface area contributed by atoms with Crippen LogP contribution in [-0.4, -0.2) is 48.1 Å². The lowest BCUT2D eigenvalue weighted by Crippen LogP contribution is -2.69. The average Bonchev–Trinajstić information content (AvgIpc) is 3.44. The molecule has 4 atom stereocenters. The van der Waals surface area contributed by atoms with Crippen molar-refractivity contribution in [3.8, 4) is 0 Å². The molecule has 3 unspecified atom stereocenters. The molecule has 2 amide bonds. The predicted molar refractivity (Wildman–Crippen MR) is 99.1 cm³/mol. The number of rotatable bonds is 3. The summed E-state index contributed by atoms with van der Waals surface area (Å²) < 4.78 is 6.02. The first-order chi connectivity index (χ1) is 12.7. The molecule has 1 aromatic rings. The molecule has 1 aromatic heterocycles. The molecule has 0 radical (unpaired) electrons. The number of hydrogen-bond donors (Lipinski definition) is 1. The molecule has 140 valence electrons. The minimum absolute atomic E-state index is 0.00363. The largest absolute Gasteiger partial charge is 0.377 e. The summed E-state index contributed by atoms with van der Waals surface area (Å²) in [4.78, 5) is 28.4. The molecule has 5 nitrogen and oxygen atoms in total. The first kappa shape index (κ1) is 16.8. The van der Waals surface area contributed by atoms with Crippen LogP contribution in [0.4, 0.5) is 0 Å². The Morgan fingerprint density at radius 2 is 2.08 bits per heavy atom. The molecule has 2 aliphatic heterocycles. The molecule has 4 aliphatic rings. The zero-order valence-electron chi connectivity index (χ0n) is 15.0. The Bertz CT molecular complexity index is 698. The summed E-state index contributed by atoms with van der Waals surface area (Å²) in [7, 11) is 0. The fraction of sp³-hybridized carbons (Fsp3) is 0.700. The van der Waals surface area contributed by atoms with Gasteiger partial charge in [0, 0.05) is 30.5 Å². The Kier molecular flexibility index (Phi) is 4.09. The zero-order valence-corrected chi connectivity index (χ0v) is 15.8. The third kappa shape index (κ3) is 2.38. The number of nitrogens with one attached hydrogen (secondary N) is 1.